The summed E-state index contributed by atoms with van der Waals surface area (Å²) in [6, 6.07) is 7.63. The van der Waals surface area contributed by atoms with Gasteiger partial charge in [0.2, 0.25) is 0 Å². The highest BCUT2D eigenvalue weighted by atomic mass is 79.9. The molecule has 0 bridgehead atoms. The first-order chi connectivity index (χ1) is 9.38. The van der Waals surface area contributed by atoms with Gasteiger partial charge in [-0.2, -0.15) is 0 Å². The fraction of sp³-hybridized carbons (Fsp3) is 0. The van der Waals surface area contributed by atoms with E-state index in [-0.39, 0.29) is 21.7 Å². The van der Waals surface area contributed by atoms with Crippen LogP contribution in [0.5, 0.6) is 5.75 Å². The van der Waals surface area contributed by atoms with Gasteiger partial charge in [0, 0.05) is 15.7 Å². The largest absolute Gasteiger partial charge is 0.505 e. The fourth-order valence-electron chi connectivity index (χ4n) is 1.48. The number of amides is 1. The molecule has 3 nitrogen and oxygen atoms in total. The van der Waals surface area contributed by atoms with Crippen LogP contribution in [0.15, 0.2) is 34.8 Å². The Balaban J connectivity index is 2.25. The molecule has 7 heteroatoms. The molecule has 1 amide bonds. The van der Waals surface area contributed by atoms with Gasteiger partial charge in [0.1, 0.15) is 0 Å². The average molecular weight is 395 g/mol. The summed E-state index contributed by atoms with van der Waals surface area (Å²) in [4.78, 5) is 12.1. The molecule has 0 aliphatic heterocycles. The molecule has 0 fully saturated rings. The molecule has 20 heavy (non-hydrogen) atoms. The van der Waals surface area contributed by atoms with Gasteiger partial charge in [-0.15, -0.1) is 0 Å². The monoisotopic (exact) mass is 393 g/mol. The van der Waals surface area contributed by atoms with E-state index in [0.29, 0.717) is 20.7 Å². The number of anilines is 1. The van der Waals surface area contributed by atoms with Gasteiger partial charge < -0.3 is 10.4 Å². The second-order valence-corrected chi connectivity index (χ2v) is 5.95. The van der Waals surface area contributed by atoms with Crippen LogP contribution in [0.4, 0.5) is 5.69 Å². The molecule has 2 aromatic carbocycles. The molecule has 0 saturated carbocycles. The standard InChI is InChI=1S/C13H7BrCl3NO2/c14-8-2-1-6(3-9(8)15)13(20)18-7-4-10(16)12(19)11(17)5-7/h1-5,19H,(H,18,20). The van der Waals surface area contributed by atoms with Crippen molar-refractivity contribution in [3.8, 4) is 5.75 Å². The number of phenolic OH excluding ortho intramolecular Hbond substituents is 1. The van der Waals surface area contributed by atoms with Gasteiger partial charge in [-0.25, -0.2) is 0 Å². The number of hydrogen-bond acceptors (Lipinski definition) is 2. The van der Waals surface area contributed by atoms with Crippen LogP contribution in [0, 0.1) is 0 Å². The molecule has 2 rings (SSSR count). The molecular weight excluding hydrogens is 388 g/mol. The summed E-state index contributed by atoms with van der Waals surface area (Å²) in [5, 5.41) is 12.6. The van der Waals surface area contributed by atoms with Gasteiger partial charge in [-0.1, -0.05) is 34.8 Å². The van der Waals surface area contributed by atoms with Crippen LogP contribution in [-0.4, -0.2) is 11.0 Å². The summed E-state index contributed by atoms with van der Waals surface area (Å²) in [5.41, 5.74) is 0.764. The minimum Gasteiger partial charge on any atom is -0.505 e. The second kappa shape index (κ2) is 6.22. The second-order valence-electron chi connectivity index (χ2n) is 3.87. The van der Waals surface area contributed by atoms with Crippen LogP contribution in [0.25, 0.3) is 0 Å². The summed E-state index contributed by atoms with van der Waals surface area (Å²) in [7, 11) is 0. The maximum absolute atomic E-state index is 12.1. The summed E-state index contributed by atoms with van der Waals surface area (Å²) >= 11 is 20.7. The summed E-state index contributed by atoms with van der Waals surface area (Å²) in [5.74, 6) is -0.588. The van der Waals surface area contributed by atoms with Gasteiger partial charge in [0.05, 0.1) is 15.1 Å². The highest BCUT2D eigenvalue weighted by Gasteiger charge is 2.11. The van der Waals surface area contributed by atoms with Crippen molar-refractivity contribution < 1.29 is 9.90 Å². The summed E-state index contributed by atoms with van der Waals surface area (Å²) in [6.45, 7) is 0. The zero-order valence-electron chi connectivity index (χ0n) is 9.75. The van der Waals surface area contributed by atoms with Crippen molar-refractivity contribution in [2.24, 2.45) is 0 Å². The van der Waals surface area contributed by atoms with E-state index in [1.807, 2.05) is 0 Å². The molecule has 0 aliphatic carbocycles. The average Bonchev–Trinajstić information content (AvgIpc) is 2.39. The van der Waals surface area contributed by atoms with Crippen LogP contribution >= 0.6 is 50.7 Å². The van der Waals surface area contributed by atoms with Crippen LogP contribution in [-0.2, 0) is 0 Å². The lowest BCUT2D eigenvalue weighted by molar-refractivity contribution is 0.102. The first-order valence-corrected chi connectivity index (χ1v) is 7.25. The SMILES string of the molecule is O=C(Nc1cc(Cl)c(O)c(Cl)c1)c1ccc(Br)c(Cl)c1. The molecule has 2 aromatic rings. The van der Waals surface area contributed by atoms with E-state index >= 15 is 0 Å². The van der Waals surface area contributed by atoms with Gasteiger partial charge >= 0.3 is 0 Å². The third-order valence-electron chi connectivity index (χ3n) is 2.46. The van der Waals surface area contributed by atoms with Crippen molar-refractivity contribution in [3.63, 3.8) is 0 Å². The topological polar surface area (TPSA) is 49.3 Å². The maximum Gasteiger partial charge on any atom is 0.255 e. The van der Waals surface area contributed by atoms with Crippen molar-refractivity contribution in [1.82, 2.24) is 0 Å². The quantitative estimate of drug-likeness (QED) is 0.672. The van der Waals surface area contributed by atoms with Gasteiger partial charge in [-0.05, 0) is 46.3 Å². The molecule has 0 saturated heterocycles. The molecule has 0 atom stereocenters. The lowest BCUT2D eigenvalue weighted by atomic mass is 10.2. The van der Waals surface area contributed by atoms with Crippen molar-refractivity contribution in [3.05, 3.63) is 55.4 Å². The Morgan fingerprint density at radius 2 is 1.65 bits per heavy atom. The number of rotatable bonds is 2. The van der Waals surface area contributed by atoms with Crippen LogP contribution < -0.4 is 5.32 Å². The minimum atomic E-state index is -0.364. The molecular formula is C13H7BrCl3NO2. The molecule has 2 N–H and O–H groups in total. The summed E-state index contributed by atoms with van der Waals surface area (Å²) in [6.07, 6.45) is 0. The van der Waals surface area contributed by atoms with Gasteiger partial charge in [-0.3, -0.25) is 4.79 Å². The van der Waals surface area contributed by atoms with Crippen molar-refractivity contribution in [2.75, 3.05) is 5.32 Å². The Kier molecular flexibility index (Phi) is 4.81. The Hall–Kier alpha value is -0.940. The molecule has 0 spiro atoms. The Labute approximate surface area is 138 Å². The molecule has 104 valence electrons. The number of hydrogen-bond donors (Lipinski definition) is 2. The number of carbonyl (C=O) groups excluding carboxylic acids is 1. The third-order valence-corrected chi connectivity index (χ3v) is 4.27. The number of phenols is 1. The van der Waals surface area contributed by atoms with Crippen LogP contribution in [0.2, 0.25) is 15.1 Å². The highest BCUT2D eigenvalue weighted by Crippen LogP contribution is 2.34. The van der Waals surface area contributed by atoms with E-state index in [9.17, 15) is 9.90 Å². The van der Waals surface area contributed by atoms with E-state index in [4.69, 9.17) is 34.8 Å². The number of aromatic hydroxyl groups is 1. The molecule has 0 aromatic heterocycles. The first-order valence-electron chi connectivity index (χ1n) is 5.33. The fourth-order valence-corrected chi connectivity index (χ4v) is 2.39. The van der Waals surface area contributed by atoms with Crippen LogP contribution in [0.3, 0.4) is 0 Å². The number of carbonyl (C=O) groups is 1. The van der Waals surface area contributed by atoms with E-state index in [2.05, 4.69) is 21.2 Å². The van der Waals surface area contributed by atoms with E-state index in [1.54, 1.807) is 12.1 Å². The first kappa shape index (κ1) is 15.4. The van der Waals surface area contributed by atoms with E-state index in [1.165, 1.54) is 18.2 Å². The number of halogens is 4. The normalized spacial score (nSPS) is 10.4. The van der Waals surface area contributed by atoms with Crippen LogP contribution in [0.1, 0.15) is 10.4 Å². The summed E-state index contributed by atoms with van der Waals surface area (Å²) < 4.78 is 0.700. The Morgan fingerprint density at radius 3 is 2.20 bits per heavy atom. The lowest BCUT2D eigenvalue weighted by Crippen LogP contribution is -2.11. The Bertz CT molecular complexity index is 668. The van der Waals surface area contributed by atoms with Crippen molar-refractivity contribution in [2.45, 2.75) is 0 Å². The van der Waals surface area contributed by atoms with Gasteiger partial charge in [0.25, 0.3) is 5.91 Å². The number of benzene rings is 2. The van der Waals surface area contributed by atoms with Gasteiger partial charge in [0.15, 0.2) is 5.75 Å². The number of nitrogens with one attached hydrogen (secondary N) is 1. The van der Waals surface area contributed by atoms with Crippen molar-refractivity contribution in [1.29, 1.82) is 0 Å². The van der Waals surface area contributed by atoms with E-state index < -0.39 is 0 Å². The molecule has 0 unspecified atom stereocenters. The highest BCUT2D eigenvalue weighted by molar-refractivity contribution is 9.10. The Morgan fingerprint density at radius 1 is 1.05 bits per heavy atom. The predicted octanol–water partition coefficient (Wildman–Crippen LogP) is 5.37. The molecule has 0 aliphatic rings. The smallest absolute Gasteiger partial charge is 0.255 e. The maximum atomic E-state index is 12.1. The lowest BCUT2D eigenvalue weighted by Gasteiger charge is -2.08. The van der Waals surface area contributed by atoms with Crippen molar-refractivity contribution >= 4 is 62.3 Å². The molecule has 0 radical (unpaired) electrons. The minimum absolute atomic E-state index is 0.0571. The zero-order valence-corrected chi connectivity index (χ0v) is 13.6. The third kappa shape index (κ3) is 3.38. The molecule has 0 heterocycles. The predicted molar refractivity (Wildman–Crippen MR) is 85.2 cm³/mol. The zero-order chi connectivity index (χ0) is 14.9. The van der Waals surface area contributed by atoms with E-state index in [0.717, 1.165) is 0 Å².